The van der Waals surface area contributed by atoms with E-state index >= 15 is 0 Å². The molecule has 0 spiro atoms. The second kappa shape index (κ2) is 8.22. The summed E-state index contributed by atoms with van der Waals surface area (Å²) in [5.74, 6) is 1.95. The molecule has 0 aliphatic carbocycles. The quantitative estimate of drug-likeness (QED) is 0.431. The summed E-state index contributed by atoms with van der Waals surface area (Å²) < 4.78 is 7.56. The molecule has 2 amide bonds. The largest absolute Gasteiger partial charge is 0.467 e. The van der Waals surface area contributed by atoms with Gasteiger partial charge < -0.3 is 9.32 Å². The zero-order valence-corrected chi connectivity index (χ0v) is 18.0. The number of carbonyl (C=O) groups excluding carboxylic acids is 2. The van der Waals surface area contributed by atoms with Gasteiger partial charge in [0.2, 0.25) is 5.95 Å². The van der Waals surface area contributed by atoms with Gasteiger partial charge in [-0.15, -0.1) is 10.2 Å². The first-order chi connectivity index (χ1) is 15.1. The third kappa shape index (κ3) is 3.74. The molecule has 0 bridgehead atoms. The summed E-state index contributed by atoms with van der Waals surface area (Å²) in [4.78, 5) is 28.9. The summed E-state index contributed by atoms with van der Waals surface area (Å²) >= 11 is 1.33. The van der Waals surface area contributed by atoms with Gasteiger partial charge in [0.15, 0.2) is 5.16 Å². The van der Waals surface area contributed by atoms with Crippen LogP contribution in [0.15, 0.2) is 52.2 Å². The van der Waals surface area contributed by atoms with E-state index < -0.39 is 0 Å². The number of aromatic nitrogens is 3. The number of carbonyl (C=O) groups is 2. The van der Waals surface area contributed by atoms with Crippen LogP contribution in [0.5, 0.6) is 0 Å². The van der Waals surface area contributed by atoms with Crippen molar-refractivity contribution in [2.45, 2.75) is 31.5 Å². The fourth-order valence-electron chi connectivity index (χ4n) is 4.01. The van der Waals surface area contributed by atoms with Gasteiger partial charge >= 0.3 is 0 Å². The molecule has 1 aromatic carbocycles. The molecule has 3 aromatic rings. The van der Waals surface area contributed by atoms with Crippen LogP contribution in [0.25, 0.3) is 0 Å². The van der Waals surface area contributed by atoms with Gasteiger partial charge in [0.05, 0.1) is 29.8 Å². The van der Waals surface area contributed by atoms with Gasteiger partial charge in [0.1, 0.15) is 5.76 Å². The van der Waals surface area contributed by atoms with E-state index in [0.717, 1.165) is 37.6 Å². The monoisotopic (exact) mass is 437 g/mol. The molecule has 0 atom stereocenters. The molecular weight excluding hydrogens is 414 g/mol. The summed E-state index contributed by atoms with van der Waals surface area (Å²) in [6.45, 7) is 4.63. The van der Waals surface area contributed by atoms with Crippen molar-refractivity contribution in [3.8, 4) is 0 Å². The predicted molar refractivity (Wildman–Crippen MR) is 116 cm³/mol. The molecule has 160 valence electrons. The van der Waals surface area contributed by atoms with Crippen LogP contribution in [0, 0.1) is 5.92 Å². The van der Waals surface area contributed by atoms with Crippen molar-refractivity contribution in [3.05, 3.63) is 59.5 Å². The Morgan fingerprint density at radius 2 is 1.74 bits per heavy atom. The van der Waals surface area contributed by atoms with Crippen molar-refractivity contribution in [1.29, 1.82) is 0 Å². The first kappa shape index (κ1) is 19.9. The molecule has 2 aliphatic rings. The van der Waals surface area contributed by atoms with E-state index in [-0.39, 0.29) is 17.7 Å². The fourth-order valence-corrected chi connectivity index (χ4v) is 4.89. The summed E-state index contributed by atoms with van der Waals surface area (Å²) in [5, 5.41) is 9.50. The standard InChI is InChI=1S/C22H23N5O3S/c1-15-8-10-25(11-9-15)21-23-24-22(26(21)13-16-5-4-12-30-16)31-14-27-19(28)17-6-2-3-7-18(17)20(27)29/h2-7,12,15H,8-11,13-14H2,1H3. The summed E-state index contributed by atoms with van der Waals surface area (Å²) in [7, 11) is 0. The second-order valence-corrected chi connectivity index (χ2v) is 8.89. The van der Waals surface area contributed by atoms with E-state index in [2.05, 4.69) is 22.0 Å². The number of hydrogen-bond donors (Lipinski definition) is 0. The van der Waals surface area contributed by atoms with E-state index in [4.69, 9.17) is 4.42 Å². The van der Waals surface area contributed by atoms with Crippen molar-refractivity contribution in [2.24, 2.45) is 5.92 Å². The van der Waals surface area contributed by atoms with Crippen molar-refractivity contribution in [2.75, 3.05) is 23.9 Å². The minimum Gasteiger partial charge on any atom is -0.467 e. The average Bonchev–Trinajstić information content (AvgIpc) is 3.49. The SMILES string of the molecule is CC1CCN(c2nnc(SCN3C(=O)c4ccccc4C3=O)n2Cc2ccco2)CC1. The van der Waals surface area contributed by atoms with Gasteiger partial charge in [-0.1, -0.05) is 30.8 Å². The Labute approximate surface area is 184 Å². The Kier molecular flexibility index (Phi) is 5.27. The molecule has 5 rings (SSSR count). The second-order valence-electron chi connectivity index (χ2n) is 7.98. The molecule has 0 N–H and O–H groups in total. The average molecular weight is 438 g/mol. The maximum absolute atomic E-state index is 12.7. The Morgan fingerprint density at radius 3 is 2.39 bits per heavy atom. The molecule has 31 heavy (non-hydrogen) atoms. The van der Waals surface area contributed by atoms with Crippen LogP contribution >= 0.6 is 11.8 Å². The molecule has 9 heteroatoms. The number of piperidine rings is 1. The van der Waals surface area contributed by atoms with E-state index in [1.807, 2.05) is 16.7 Å². The van der Waals surface area contributed by atoms with E-state index in [0.29, 0.717) is 28.7 Å². The van der Waals surface area contributed by atoms with E-state index in [1.165, 1.54) is 16.7 Å². The molecule has 1 fully saturated rings. The summed E-state index contributed by atoms with van der Waals surface area (Å²) in [5.41, 5.74) is 0.904. The molecule has 0 unspecified atom stereocenters. The Morgan fingerprint density at radius 1 is 1.03 bits per heavy atom. The van der Waals surface area contributed by atoms with Crippen LogP contribution in [-0.2, 0) is 6.54 Å². The number of thioether (sulfide) groups is 1. The minimum atomic E-state index is -0.268. The topological polar surface area (TPSA) is 84.5 Å². The Balaban J connectivity index is 1.38. The molecule has 4 heterocycles. The maximum Gasteiger partial charge on any atom is 0.262 e. The van der Waals surface area contributed by atoms with Crippen LogP contribution in [0.1, 0.15) is 46.2 Å². The molecular formula is C22H23N5O3S. The van der Waals surface area contributed by atoms with Gasteiger partial charge in [0, 0.05) is 13.1 Å². The highest BCUT2D eigenvalue weighted by Crippen LogP contribution is 2.30. The van der Waals surface area contributed by atoms with Crippen LogP contribution in [0.4, 0.5) is 5.95 Å². The van der Waals surface area contributed by atoms with E-state index in [1.54, 1.807) is 30.5 Å². The molecule has 0 radical (unpaired) electrons. The van der Waals surface area contributed by atoms with Gasteiger partial charge in [-0.05, 0) is 43.0 Å². The molecule has 2 aromatic heterocycles. The lowest BCUT2D eigenvalue weighted by Gasteiger charge is -2.31. The highest BCUT2D eigenvalue weighted by Gasteiger charge is 2.35. The molecule has 1 saturated heterocycles. The lowest BCUT2D eigenvalue weighted by Crippen LogP contribution is -2.35. The highest BCUT2D eigenvalue weighted by atomic mass is 32.2. The summed E-state index contributed by atoms with van der Waals surface area (Å²) in [6, 6.07) is 10.7. The van der Waals surface area contributed by atoms with Crippen molar-refractivity contribution in [3.63, 3.8) is 0 Å². The zero-order valence-electron chi connectivity index (χ0n) is 17.2. The smallest absolute Gasteiger partial charge is 0.262 e. The van der Waals surface area contributed by atoms with Gasteiger partial charge in [-0.25, -0.2) is 0 Å². The zero-order chi connectivity index (χ0) is 21.4. The third-order valence-electron chi connectivity index (χ3n) is 5.86. The first-order valence-corrected chi connectivity index (χ1v) is 11.4. The lowest BCUT2D eigenvalue weighted by molar-refractivity contribution is 0.0684. The number of hydrogen-bond acceptors (Lipinski definition) is 7. The lowest BCUT2D eigenvalue weighted by atomic mass is 10.00. The number of fused-ring (bicyclic) bond motifs is 1. The number of furan rings is 1. The number of benzene rings is 1. The van der Waals surface area contributed by atoms with Crippen LogP contribution in [0.2, 0.25) is 0 Å². The molecule has 2 aliphatic heterocycles. The van der Waals surface area contributed by atoms with Crippen LogP contribution in [-0.4, -0.2) is 50.4 Å². The van der Waals surface area contributed by atoms with Crippen LogP contribution < -0.4 is 4.90 Å². The predicted octanol–water partition coefficient (Wildman–Crippen LogP) is 3.50. The fraction of sp³-hybridized carbons (Fsp3) is 0.364. The molecule has 0 saturated carbocycles. The number of amides is 2. The number of imide groups is 1. The Hall–Kier alpha value is -3.07. The first-order valence-electron chi connectivity index (χ1n) is 10.4. The van der Waals surface area contributed by atoms with Gasteiger partial charge in [0.25, 0.3) is 11.8 Å². The normalized spacial score (nSPS) is 16.9. The van der Waals surface area contributed by atoms with Gasteiger partial charge in [-0.2, -0.15) is 0 Å². The number of rotatable bonds is 6. The molecule has 8 nitrogen and oxygen atoms in total. The number of anilines is 1. The summed E-state index contributed by atoms with van der Waals surface area (Å²) in [6.07, 6.45) is 3.88. The maximum atomic E-state index is 12.7. The van der Waals surface area contributed by atoms with Crippen molar-refractivity contribution < 1.29 is 14.0 Å². The van der Waals surface area contributed by atoms with Gasteiger partial charge in [-0.3, -0.25) is 19.1 Å². The van der Waals surface area contributed by atoms with Crippen molar-refractivity contribution in [1.82, 2.24) is 19.7 Å². The van der Waals surface area contributed by atoms with Crippen LogP contribution in [0.3, 0.4) is 0 Å². The van der Waals surface area contributed by atoms with E-state index in [9.17, 15) is 9.59 Å². The highest BCUT2D eigenvalue weighted by molar-refractivity contribution is 7.99. The number of nitrogens with zero attached hydrogens (tertiary/aromatic N) is 5. The third-order valence-corrected chi connectivity index (χ3v) is 6.81. The minimum absolute atomic E-state index is 0.180. The Bertz CT molecular complexity index is 1070. The van der Waals surface area contributed by atoms with Crippen molar-refractivity contribution >= 4 is 29.5 Å².